The zero-order chi connectivity index (χ0) is 22.5. The lowest BCUT2D eigenvalue weighted by molar-refractivity contribution is -0.129. The Morgan fingerprint density at radius 3 is 2.16 bits per heavy atom. The summed E-state index contributed by atoms with van der Waals surface area (Å²) in [6.07, 6.45) is 3.62. The molecule has 5 nitrogen and oxygen atoms in total. The van der Waals surface area contributed by atoms with Crippen LogP contribution >= 0.6 is 0 Å². The zero-order valence-corrected chi connectivity index (χ0v) is 17.4. The van der Waals surface area contributed by atoms with Crippen LogP contribution in [0.2, 0.25) is 0 Å². The lowest BCUT2D eigenvalue weighted by Gasteiger charge is -2.26. The van der Waals surface area contributed by atoms with Crippen LogP contribution < -0.4 is 0 Å². The average molecular weight is 425 g/mol. The first-order chi connectivity index (χ1) is 15.5. The van der Waals surface area contributed by atoms with Crippen molar-refractivity contribution in [3.8, 4) is 5.75 Å². The van der Waals surface area contributed by atoms with E-state index in [2.05, 4.69) is 0 Å². The van der Waals surface area contributed by atoms with Crippen molar-refractivity contribution >= 4 is 17.8 Å². The average Bonchev–Trinajstić information content (AvgIpc) is 3.08. The molecule has 0 radical (unpaired) electrons. The van der Waals surface area contributed by atoms with E-state index in [0.29, 0.717) is 18.5 Å². The largest absolute Gasteiger partial charge is 0.508 e. The predicted molar refractivity (Wildman–Crippen MR) is 123 cm³/mol. The van der Waals surface area contributed by atoms with Gasteiger partial charge in [0.25, 0.3) is 5.91 Å². The Labute approximate surface area is 186 Å². The van der Waals surface area contributed by atoms with E-state index in [1.807, 2.05) is 60.7 Å². The van der Waals surface area contributed by atoms with E-state index >= 15 is 0 Å². The first kappa shape index (κ1) is 21.1. The Morgan fingerprint density at radius 2 is 1.50 bits per heavy atom. The Bertz CT molecular complexity index is 1170. The molecule has 0 fully saturated rings. The summed E-state index contributed by atoms with van der Waals surface area (Å²) in [5, 5.41) is 20.4. The number of hydrogen-bond acceptors (Lipinski definition) is 4. The van der Waals surface area contributed by atoms with Crippen LogP contribution in [0.1, 0.15) is 22.7 Å². The normalized spacial score (nSPS) is 16.2. The van der Waals surface area contributed by atoms with E-state index < -0.39 is 23.5 Å². The smallest absolute Gasteiger partial charge is 0.290 e. The highest BCUT2D eigenvalue weighted by atomic mass is 16.3. The van der Waals surface area contributed by atoms with Crippen molar-refractivity contribution in [1.82, 2.24) is 4.90 Å². The number of carbonyl (C=O) groups excluding carboxylic acids is 2. The van der Waals surface area contributed by atoms with Gasteiger partial charge in [-0.3, -0.25) is 9.59 Å². The number of nitrogens with zero attached hydrogens (tertiary/aromatic N) is 1. The Morgan fingerprint density at radius 1 is 0.875 bits per heavy atom. The van der Waals surface area contributed by atoms with Crippen molar-refractivity contribution in [2.24, 2.45) is 0 Å². The number of aliphatic hydroxyl groups excluding tert-OH is 1. The number of amides is 1. The summed E-state index contributed by atoms with van der Waals surface area (Å²) >= 11 is 0. The molecule has 1 unspecified atom stereocenters. The Hall–Kier alpha value is -4.12. The number of phenolic OH excluding ortho intramolecular Hbond substituents is 1. The topological polar surface area (TPSA) is 77.8 Å². The molecule has 0 saturated carbocycles. The summed E-state index contributed by atoms with van der Waals surface area (Å²) < 4.78 is 0. The van der Waals surface area contributed by atoms with Gasteiger partial charge in [0.05, 0.1) is 11.6 Å². The van der Waals surface area contributed by atoms with Crippen LogP contribution in [0, 0.1) is 0 Å². The van der Waals surface area contributed by atoms with E-state index in [1.165, 1.54) is 23.1 Å². The fraction of sp³-hybridized carbons (Fsp3) is 0.111. The molecular weight excluding hydrogens is 402 g/mol. The highest BCUT2D eigenvalue weighted by molar-refractivity contribution is 6.14. The van der Waals surface area contributed by atoms with Gasteiger partial charge in [0.15, 0.2) is 11.5 Å². The van der Waals surface area contributed by atoms with Gasteiger partial charge in [-0.1, -0.05) is 78.9 Å². The lowest BCUT2D eigenvalue weighted by atomic mass is 9.95. The van der Waals surface area contributed by atoms with Crippen molar-refractivity contribution < 1.29 is 19.8 Å². The molecule has 1 aliphatic heterocycles. The van der Waals surface area contributed by atoms with Gasteiger partial charge in [0.1, 0.15) is 5.75 Å². The van der Waals surface area contributed by atoms with Gasteiger partial charge >= 0.3 is 0 Å². The van der Waals surface area contributed by atoms with Gasteiger partial charge < -0.3 is 15.1 Å². The number of aliphatic hydroxyl groups is 1. The first-order valence-electron chi connectivity index (χ1n) is 10.4. The second-order valence-corrected chi connectivity index (χ2v) is 7.60. The number of carbonyl (C=O) groups is 2. The maximum atomic E-state index is 13.1. The van der Waals surface area contributed by atoms with Crippen LogP contribution in [0.15, 0.2) is 102 Å². The van der Waals surface area contributed by atoms with Crippen molar-refractivity contribution in [1.29, 1.82) is 0 Å². The van der Waals surface area contributed by atoms with Gasteiger partial charge in [0.2, 0.25) is 0 Å². The van der Waals surface area contributed by atoms with Crippen LogP contribution in [-0.2, 0) is 16.0 Å². The molecule has 32 heavy (non-hydrogen) atoms. The summed E-state index contributed by atoms with van der Waals surface area (Å²) in [4.78, 5) is 27.6. The molecule has 160 valence electrons. The molecule has 1 heterocycles. The number of aromatic hydroxyl groups is 1. The molecule has 1 atom stereocenters. The lowest BCUT2D eigenvalue weighted by Crippen LogP contribution is -2.33. The Balaban J connectivity index is 1.66. The van der Waals surface area contributed by atoms with Crippen molar-refractivity contribution in [2.75, 3.05) is 6.54 Å². The molecular formula is C27H23NO4. The highest BCUT2D eigenvalue weighted by Crippen LogP contribution is 2.38. The third-order valence-electron chi connectivity index (χ3n) is 5.49. The standard InChI is InChI=1S/C27H23NO4/c29-22-14-12-21(13-15-22)25-24(23(30)16-11-19-7-3-1-4-8-19)26(31)27(32)28(25)18-17-20-9-5-2-6-10-20/h1-16,25,29,31H,17-18H2. The van der Waals surface area contributed by atoms with E-state index in [9.17, 15) is 19.8 Å². The Kier molecular flexibility index (Phi) is 6.17. The van der Waals surface area contributed by atoms with E-state index in [4.69, 9.17) is 0 Å². The minimum absolute atomic E-state index is 0.0425. The number of rotatable bonds is 7. The summed E-state index contributed by atoms with van der Waals surface area (Å²) in [5.74, 6) is -1.45. The summed E-state index contributed by atoms with van der Waals surface area (Å²) in [6, 6.07) is 24.7. The van der Waals surface area contributed by atoms with Gasteiger partial charge in [-0.2, -0.15) is 0 Å². The third-order valence-corrected chi connectivity index (χ3v) is 5.49. The van der Waals surface area contributed by atoms with Crippen LogP contribution in [0.4, 0.5) is 0 Å². The highest BCUT2D eigenvalue weighted by Gasteiger charge is 2.42. The van der Waals surface area contributed by atoms with Crippen LogP contribution in [0.3, 0.4) is 0 Å². The number of ketones is 1. The minimum atomic E-state index is -0.736. The molecule has 1 aliphatic rings. The molecule has 0 aliphatic carbocycles. The van der Waals surface area contributed by atoms with Crippen LogP contribution in [0.25, 0.3) is 6.08 Å². The van der Waals surface area contributed by atoms with E-state index in [1.54, 1.807) is 18.2 Å². The quantitative estimate of drug-likeness (QED) is 0.542. The molecule has 0 saturated heterocycles. The maximum Gasteiger partial charge on any atom is 0.290 e. The molecule has 5 heteroatoms. The molecule has 1 amide bonds. The number of benzene rings is 3. The second-order valence-electron chi connectivity index (χ2n) is 7.60. The van der Waals surface area contributed by atoms with E-state index in [-0.39, 0.29) is 11.3 Å². The van der Waals surface area contributed by atoms with Gasteiger partial charge in [-0.15, -0.1) is 0 Å². The van der Waals surface area contributed by atoms with Crippen molar-refractivity contribution in [2.45, 2.75) is 12.5 Å². The summed E-state index contributed by atoms with van der Waals surface area (Å²) in [7, 11) is 0. The van der Waals surface area contributed by atoms with Crippen LogP contribution in [-0.4, -0.2) is 33.3 Å². The second kappa shape index (κ2) is 9.35. The number of phenols is 1. The molecule has 3 aromatic carbocycles. The fourth-order valence-electron chi connectivity index (χ4n) is 3.86. The van der Waals surface area contributed by atoms with Gasteiger partial charge in [-0.25, -0.2) is 0 Å². The van der Waals surface area contributed by atoms with Crippen molar-refractivity contribution in [3.63, 3.8) is 0 Å². The monoisotopic (exact) mass is 425 g/mol. The number of hydrogen-bond donors (Lipinski definition) is 2. The van der Waals surface area contributed by atoms with Gasteiger partial charge in [-0.05, 0) is 41.3 Å². The van der Waals surface area contributed by atoms with Gasteiger partial charge in [0, 0.05) is 6.54 Å². The zero-order valence-electron chi connectivity index (χ0n) is 17.4. The number of allylic oxidation sites excluding steroid dienone is 1. The van der Waals surface area contributed by atoms with Crippen LogP contribution in [0.5, 0.6) is 5.75 Å². The molecule has 4 rings (SSSR count). The summed E-state index contributed by atoms with van der Waals surface area (Å²) in [5.41, 5.74) is 2.58. The SMILES string of the molecule is O=C(C=Cc1ccccc1)C1=C(O)C(=O)N(CCc2ccccc2)C1c1ccc(O)cc1. The molecule has 3 aromatic rings. The third kappa shape index (κ3) is 4.47. The van der Waals surface area contributed by atoms with Crippen molar-refractivity contribution in [3.05, 3.63) is 119 Å². The fourth-order valence-corrected chi connectivity index (χ4v) is 3.86. The molecule has 0 bridgehead atoms. The summed E-state index contributed by atoms with van der Waals surface area (Å²) in [6.45, 7) is 0.331. The molecule has 2 N–H and O–H groups in total. The molecule has 0 aromatic heterocycles. The first-order valence-corrected chi connectivity index (χ1v) is 10.4. The minimum Gasteiger partial charge on any atom is -0.508 e. The van der Waals surface area contributed by atoms with E-state index in [0.717, 1.165) is 11.1 Å². The maximum absolute atomic E-state index is 13.1. The predicted octanol–water partition coefficient (Wildman–Crippen LogP) is 4.61. The molecule has 0 spiro atoms.